The zero-order chi connectivity index (χ0) is 22.1. The fourth-order valence-electron chi connectivity index (χ4n) is 3.02. The standard InChI is InChI=1S/C26H34N2O2/c1-7-26(2,3)21-12-16-25(30-6)23(19-21)24(29)15-11-20-9-13-22(14-10-20)27-17-8-18-28(4)5/h7,9-16,19,27H,1,8,17-18H2,2-6H3. The monoisotopic (exact) mass is 406 g/mol. The van der Waals surface area contributed by atoms with Gasteiger partial charge in [0.25, 0.3) is 0 Å². The van der Waals surface area contributed by atoms with Crippen LogP contribution in [0.3, 0.4) is 0 Å². The molecule has 0 aliphatic rings. The molecule has 2 aromatic rings. The molecular formula is C26H34N2O2. The van der Waals surface area contributed by atoms with Crippen LogP contribution < -0.4 is 10.1 Å². The van der Waals surface area contributed by atoms with Crippen LogP contribution in [0.1, 0.15) is 41.8 Å². The highest BCUT2D eigenvalue weighted by Crippen LogP contribution is 2.29. The van der Waals surface area contributed by atoms with Gasteiger partial charge in [-0.3, -0.25) is 4.79 Å². The van der Waals surface area contributed by atoms with Gasteiger partial charge >= 0.3 is 0 Å². The van der Waals surface area contributed by atoms with Crippen LogP contribution >= 0.6 is 0 Å². The minimum absolute atomic E-state index is 0.0838. The average molecular weight is 407 g/mol. The first-order valence-electron chi connectivity index (χ1n) is 10.3. The molecule has 160 valence electrons. The molecular weight excluding hydrogens is 372 g/mol. The molecule has 1 N–H and O–H groups in total. The zero-order valence-corrected chi connectivity index (χ0v) is 18.9. The Morgan fingerprint density at radius 3 is 2.47 bits per heavy atom. The van der Waals surface area contributed by atoms with E-state index < -0.39 is 0 Å². The van der Waals surface area contributed by atoms with Crippen molar-refractivity contribution in [2.45, 2.75) is 25.7 Å². The van der Waals surface area contributed by atoms with Crippen LogP contribution in [0.2, 0.25) is 0 Å². The van der Waals surface area contributed by atoms with Gasteiger partial charge < -0.3 is 15.0 Å². The molecule has 0 saturated heterocycles. The molecule has 0 spiro atoms. The highest BCUT2D eigenvalue weighted by Gasteiger charge is 2.19. The van der Waals surface area contributed by atoms with E-state index >= 15 is 0 Å². The van der Waals surface area contributed by atoms with Crippen molar-refractivity contribution in [1.29, 1.82) is 0 Å². The van der Waals surface area contributed by atoms with Crippen molar-refractivity contribution >= 4 is 17.5 Å². The Balaban J connectivity index is 2.08. The Labute approximate surface area is 181 Å². The number of carbonyl (C=O) groups is 1. The lowest BCUT2D eigenvalue weighted by atomic mass is 9.83. The van der Waals surface area contributed by atoms with E-state index in [2.05, 4.69) is 44.7 Å². The number of nitrogens with one attached hydrogen (secondary N) is 1. The van der Waals surface area contributed by atoms with Crippen LogP contribution in [0.15, 0.2) is 61.2 Å². The first kappa shape index (κ1) is 23.4. The zero-order valence-electron chi connectivity index (χ0n) is 18.9. The molecule has 2 rings (SSSR count). The summed E-state index contributed by atoms with van der Waals surface area (Å²) in [4.78, 5) is 15.0. The van der Waals surface area contributed by atoms with Gasteiger partial charge in [-0.05, 0) is 68.5 Å². The molecule has 0 radical (unpaired) electrons. The van der Waals surface area contributed by atoms with Crippen molar-refractivity contribution < 1.29 is 9.53 Å². The molecule has 4 heteroatoms. The van der Waals surface area contributed by atoms with Crippen LogP contribution in [-0.2, 0) is 5.41 Å². The molecule has 0 aromatic heterocycles. The lowest BCUT2D eigenvalue weighted by Gasteiger charge is -2.21. The fraction of sp³-hybridized carbons (Fsp3) is 0.346. The van der Waals surface area contributed by atoms with Gasteiger partial charge in [0.2, 0.25) is 0 Å². The molecule has 0 heterocycles. The van der Waals surface area contributed by atoms with Crippen LogP contribution in [-0.4, -0.2) is 45.0 Å². The molecule has 0 aliphatic heterocycles. The summed E-state index contributed by atoms with van der Waals surface area (Å²) < 4.78 is 5.41. The number of rotatable bonds is 11. The third-order valence-electron chi connectivity index (χ3n) is 5.17. The predicted octanol–water partition coefficient (Wildman–Crippen LogP) is 5.42. The summed E-state index contributed by atoms with van der Waals surface area (Å²) in [7, 11) is 5.74. The third kappa shape index (κ3) is 6.60. The Bertz CT molecular complexity index is 880. The normalized spacial score (nSPS) is 11.7. The second-order valence-electron chi connectivity index (χ2n) is 8.24. The van der Waals surface area contributed by atoms with Crippen molar-refractivity contribution in [3.05, 3.63) is 77.9 Å². The quantitative estimate of drug-likeness (QED) is 0.234. The fourth-order valence-corrected chi connectivity index (χ4v) is 3.02. The Hall–Kier alpha value is -2.85. The summed E-state index contributed by atoms with van der Waals surface area (Å²) in [6.45, 7) is 10.0. The summed E-state index contributed by atoms with van der Waals surface area (Å²) in [5.41, 5.74) is 3.42. The van der Waals surface area contributed by atoms with Gasteiger partial charge in [-0.15, -0.1) is 6.58 Å². The van der Waals surface area contributed by atoms with Crippen LogP contribution in [0, 0.1) is 0 Å². The Morgan fingerprint density at radius 2 is 1.87 bits per heavy atom. The molecule has 2 aromatic carbocycles. The van der Waals surface area contributed by atoms with Gasteiger partial charge in [-0.25, -0.2) is 0 Å². The van der Waals surface area contributed by atoms with Crippen LogP contribution in [0.5, 0.6) is 5.75 Å². The molecule has 0 aliphatic carbocycles. The maximum absolute atomic E-state index is 12.9. The molecule has 30 heavy (non-hydrogen) atoms. The smallest absolute Gasteiger partial charge is 0.189 e. The summed E-state index contributed by atoms with van der Waals surface area (Å²) in [5.74, 6) is 0.491. The first-order valence-corrected chi connectivity index (χ1v) is 10.3. The topological polar surface area (TPSA) is 41.6 Å². The number of hydrogen-bond donors (Lipinski definition) is 1. The summed E-state index contributed by atoms with van der Waals surface area (Å²) in [6.07, 6.45) is 6.41. The van der Waals surface area contributed by atoms with E-state index in [1.807, 2.05) is 54.6 Å². The number of nitrogens with zero attached hydrogens (tertiary/aromatic N) is 1. The lowest BCUT2D eigenvalue weighted by Crippen LogP contribution is -2.16. The van der Waals surface area contributed by atoms with E-state index in [0.717, 1.165) is 36.3 Å². The van der Waals surface area contributed by atoms with E-state index in [4.69, 9.17) is 4.74 Å². The van der Waals surface area contributed by atoms with Gasteiger partial charge in [0.05, 0.1) is 12.7 Å². The average Bonchev–Trinajstić information content (AvgIpc) is 2.75. The number of hydrogen-bond acceptors (Lipinski definition) is 4. The van der Waals surface area contributed by atoms with Crippen molar-refractivity contribution in [3.8, 4) is 5.75 Å². The number of carbonyl (C=O) groups excluding carboxylic acids is 1. The second kappa shape index (κ2) is 10.8. The molecule has 0 bridgehead atoms. The summed E-state index contributed by atoms with van der Waals surface area (Å²) in [6, 6.07) is 13.8. The van der Waals surface area contributed by atoms with Crippen molar-refractivity contribution in [3.63, 3.8) is 0 Å². The summed E-state index contributed by atoms with van der Waals surface area (Å²) >= 11 is 0. The van der Waals surface area contributed by atoms with Gasteiger partial charge in [-0.2, -0.15) is 0 Å². The molecule has 0 unspecified atom stereocenters. The molecule has 0 saturated carbocycles. The van der Waals surface area contributed by atoms with E-state index in [-0.39, 0.29) is 11.2 Å². The van der Waals surface area contributed by atoms with Crippen molar-refractivity contribution in [2.24, 2.45) is 0 Å². The summed E-state index contributed by atoms with van der Waals surface area (Å²) in [5, 5.41) is 3.42. The van der Waals surface area contributed by atoms with Crippen molar-refractivity contribution in [2.75, 3.05) is 39.6 Å². The highest BCUT2D eigenvalue weighted by molar-refractivity contribution is 6.08. The van der Waals surface area contributed by atoms with Gasteiger partial charge in [0.1, 0.15) is 5.75 Å². The van der Waals surface area contributed by atoms with Crippen molar-refractivity contribution in [1.82, 2.24) is 4.90 Å². The highest BCUT2D eigenvalue weighted by atomic mass is 16.5. The van der Waals surface area contributed by atoms with Crippen LogP contribution in [0.25, 0.3) is 6.08 Å². The maximum Gasteiger partial charge on any atom is 0.189 e. The number of benzene rings is 2. The molecule has 4 nitrogen and oxygen atoms in total. The largest absolute Gasteiger partial charge is 0.496 e. The minimum Gasteiger partial charge on any atom is -0.496 e. The van der Waals surface area contributed by atoms with Crippen LogP contribution in [0.4, 0.5) is 5.69 Å². The van der Waals surface area contributed by atoms with E-state index in [1.165, 1.54) is 0 Å². The third-order valence-corrected chi connectivity index (χ3v) is 5.17. The van der Waals surface area contributed by atoms with Gasteiger partial charge in [0, 0.05) is 17.6 Å². The second-order valence-corrected chi connectivity index (χ2v) is 8.24. The van der Waals surface area contributed by atoms with E-state index in [0.29, 0.717) is 11.3 Å². The number of ether oxygens (including phenoxy) is 1. The molecule has 0 amide bonds. The number of ketones is 1. The number of allylic oxidation sites excluding steroid dienone is 2. The maximum atomic E-state index is 12.9. The minimum atomic E-state index is -0.222. The number of anilines is 1. The van der Waals surface area contributed by atoms with Gasteiger partial charge in [0.15, 0.2) is 5.78 Å². The predicted molar refractivity (Wildman–Crippen MR) is 128 cm³/mol. The first-order chi connectivity index (χ1) is 14.3. The Morgan fingerprint density at radius 1 is 1.17 bits per heavy atom. The molecule has 0 atom stereocenters. The Kier molecular flexibility index (Phi) is 8.43. The lowest BCUT2D eigenvalue weighted by molar-refractivity contribution is 0.104. The van der Waals surface area contributed by atoms with E-state index in [9.17, 15) is 4.79 Å². The molecule has 0 fully saturated rings. The number of methoxy groups -OCH3 is 1. The SMILES string of the molecule is C=CC(C)(C)c1ccc(OC)c(C(=O)C=Cc2ccc(NCCCN(C)C)cc2)c1. The van der Waals surface area contributed by atoms with Gasteiger partial charge in [-0.1, -0.05) is 44.2 Å². The van der Waals surface area contributed by atoms with E-state index in [1.54, 1.807) is 13.2 Å².